The Hall–Kier alpha value is -5.07. The zero-order valence-electron chi connectivity index (χ0n) is 27.1. The average Bonchev–Trinajstić information content (AvgIpc) is 3.42. The van der Waals surface area contributed by atoms with Crippen LogP contribution in [-0.2, 0) is 33.8 Å². The van der Waals surface area contributed by atoms with Crippen LogP contribution in [0, 0.1) is 0 Å². The van der Waals surface area contributed by atoms with E-state index in [0.717, 1.165) is 42.0 Å². The predicted molar refractivity (Wildman–Crippen MR) is 178 cm³/mol. The van der Waals surface area contributed by atoms with Crippen molar-refractivity contribution in [1.82, 2.24) is 4.90 Å². The molecule has 3 aliphatic heterocycles. The normalized spacial score (nSPS) is 20.3. The first-order valence-corrected chi connectivity index (χ1v) is 16.1. The highest BCUT2D eigenvalue weighted by molar-refractivity contribution is 6.16. The van der Waals surface area contributed by atoms with E-state index in [-0.39, 0.29) is 35.5 Å². The number of hydrogen-bond acceptors (Lipinski definition) is 10. The third-order valence-electron chi connectivity index (χ3n) is 9.20. The lowest BCUT2D eigenvalue weighted by Gasteiger charge is -2.39. The number of ether oxygens (including phenoxy) is 5. The van der Waals surface area contributed by atoms with Gasteiger partial charge in [-0.1, -0.05) is 36.4 Å². The number of cyclic esters (lactones) is 2. The van der Waals surface area contributed by atoms with Crippen molar-refractivity contribution < 1.29 is 43.2 Å². The molecule has 0 aromatic heterocycles. The van der Waals surface area contributed by atoms with Gasteiger partial charge in [0.15, 0.2) is 17.8 Å². The first-order valence-electron chi connectivity index (χ1n) is 16.1. The van der Waals surface area contributed by atoms with Crippen LogP contribution in [0.1, 0.15) is 77.7 Å². The van der Waals surface area contributed by atoms with Crippen molar-refractivity contribution in [3.8, 4) is 11.5 Å². The van der Waals surface area contributed by atoms with Gasteiger partial charge in [0.2, 0.25) is 0 Å². The lowest BCUT2D eigenvalue weighted by Crippen LogP contribution is -2.41. The van der Waals surface area contributed by atoms with Crippen LogP contribution in [0.2, 0.25) is 0 Å². The molecule has 7 rings (SSSR count). The number of anilines is 1. The summed E-state index contributed by atoms with van der Waals surface area (Å²) in [4.78, 5) is 39.4. The SMILES string of the molecule is COc1cc2c(cc1OC)CN(C[C@@H]1C[C@H](c3ccc(CO)cc3)OC(c3cccc(NC(=O)c4ccc5c(c4)C(=O)OC5=O)c3)O1)CC2. The average molecular weight is 665 g/mol. The van der Waals surface area contributed by atoms with Gasteiger partial charge in [-0.2, -0.15) is 0 Å². The number of nitrogens with one attached hydrogen (secondary N) is 1. The fourth-order valence-corrected chi connectivity index (χ4v) is 6.61. The van der Waals surface area contributed by atoms with Gasteiger partial charge in [-0.3, -0.25) is 9.69 Å². The van der Waals surface area contributed by atoms with Crippen molar-refractivity contribution in [2.45, 2.75) is 44.5 Å². The summed E-state index contributed by atoms with van der Waals surface area (Å²) in [6, 6.07) is 23.4. The Morgan fingerprint density at radius 1 is 0.878 bits per heavy atom. The number of aliphatic hydroxyl groups is 1. The van der Waals surface area contributed by atoms with Crippen molar-refractivity contribution in [1.29, 1.82) is 0 Å². The highest BCUT2D eigenvalue weighted by Crippen LogP contribution is 2.40. The summed E-state index contributed by atoms with van der Waals surface area (Å²) < 4.78 is 28.9. The second-order valence-electron chi connectivity index (χ2n) is 12.3. The number of rotatable bonds is 9. The van der Waals surface area contributed by atoms with E-state index in [4.69, 9.17) is 18.9 Å². The van der Waals surface area contributed by atoms with Crippen LogP contribution in [0.3, 0.4) is 0 Å². The number of hydrogen-bond donors (Lipinski definition) is 2. The fraction of sp³-hybridized carbons (Fsp3) is 0.289. The summed E-state index contributed by atoms with van der Waals surface area (Å²) in [6.45, 7) is 2.24. The number of benzene rings is 4. The maximum Gasteiger partial charge on any atom is 0.346 e. The fourth-order valence-electron chi connectivity index (χ4n) is 6.61. The second-order valence-corrected chi connectivity index (χ2v) is 12.3. The number of methoxy groups -OCH3 is 2. The Kier molecular flexibility index (Phi) is 9.15. The van der Waals surface area contributed by atoms with E-state index < -0.39 is 24.1 Å². The number of carbonyl (C=O) groups excluding carboxylic acids is 3. The van der Waals surface area contributed by atoms with Gasteiger partial charge >= 0.3 is 11.9 Å². The molecular weight excluding hydrogens is 628 g/mol. The van der Waals surface area contributed by atoms with Crippen LogP contribution in [-0.4, -0.2) is 61.3 Å². The smallest absolute Gasteiger partial charge is 0.346 e. The van der Waals surface area contributed by atoms with Crippen LogP contribution in [0.25, 0.3) is 0 Å². The van der Waals surface area contributed by atoms with Crippen molar-refractivity contribution in [3.63, 3.8) is 0 Å². The van der Waals surface area contributed by atoms with Gasteiger partial charge in [-0.05, 0) is 71.1 Å². The molecule has 3 heterocycles. The number of fused-ring (bicyclic) bond motifs is 2. The van der Waals surface area contributed by atoms with E-state index in [1.807, 2.05) is 42.5 Å². The highest BCUT2D eigenvalue weighted by atomic mass is 16.7. The molecule has 0 radical (unpaired) electrons. The second kappa shape index (κ2) is 13.8. The minimum absolute atomic E-state index is 0.0422. The van der Waals surface area contributed by atoms with Gasteiger partial charge in [0.1, 0.15) is 0 Å². The van der Waals surface area contributed by atoms with Gasteiger partial charge < -0.3 is 34.1 Å². The molecule has 2 N–H and O–H groups in total. The van der Waals surface area contributed by atoms with Gasteiger partial charge in [0, 0.05) is 42.9 Å². The number of amides is 1. The summed E-state index contributed by atoms with van der Waals surface area (Å²) in [6.07, 6.45) is 0.336. The zero-order chi connectivity index (χ0) is 34.1. The summed E-state index contributed by atoms with van der Waals surface area (Å²) >= 11 is 0. The van der Waals surface area contributed by atoms with E-state index >= 15 is 0 Å². The monoisotopic (exact) mass is 664 g/mol. The number of esters is 2. The molecule has 1 unspecified atom stereocenters. The van der Waals surface area contributed by atoms with Crippen LogP contribution >= 0.6 is 0 Å². The van der Waals surface area contributed by atoms with Crippen molar-refractivity contribution in [2.75, 3.05) is 32.6 Å². The quantitative estimate of drug-likeness (QED) is 0.178. The number of aliphatic hydroxyl groups excluding tert-OH is 1. The Labute approximate surface area is 283 Å². The molecule has 0 saturated carbocycles. The Morgan fingerprint density at radius 3 is 2.39 bits per heavy atom. The molecular formula is C38H36N2O9. The summed E-state index contributed by atoms with van der Waals surface area (Å²) in [5.41, 5.74) is 5.89. The molecule has 0 aliphatic carbocycles. The van der Waals surface area contributed by atoms with Crippen LogP contribution in [0.15, 0.2) is 78.9 Å². The molecule has 1 fully saturated rings. The predicted octanol–water partition coefficient (Wildman–Crippen LogP) is 5.36. The van der Waals surface area contributed by atoms with Crippen molar-refractivity contribution in [2.24, 2.45) is 0 Å². The van der Waals surface area contributed by atoms with Gasteiger partial charge in [0.05, 0.1) is 44.2 Å². The van der Waals surface area contributed by atoms with Crippen molar-refractivity contribution in [3.05, 3.63) is 123 Å². The van der Waals surface area contributed by atoms with Gasteiger partial charge in [-0.15, -0.1) is 0 Å². The topological polar surface area (TPSA) is 133 Å². The van der Waals surface area contributed by atoms with E-state index in [0.29, 0.717) is 24.4 Å². The molecule has 252 valence electrons. The molecule has 11 nitrogen and oxygen atoms in total. The maximum absolute atomic E-state index is 13.2. The lowest BCUT2D eigenvalue weighted by atomic mass is 9.97. The van der Waals surface area contributed by atoms with E-state index in [9.17, 15) is 19.5 Å². The highest BCUT2D eigenvalue weighted by Gasteiger charge is 2.34. The number of carbonyl (C=O) groups is 3. The summed E-state index contributed by atoms with van der Waals surface area (Å²) in [5, 5.41) is 12.5. The Bertz CT molecular complexity index is 1910. The summed E-state index contributed by atoms with van der Waals surface area (Å²) in [5.74, 6) is -0.507. The molecule has 0 spiro atoms. The first-order chi connectivity index (χ1) is 23.8. The molecule has 49 heavy (non-hydrogen) atoms. The Morgan fingerprint density at radius 2 is 1.63 bits per heavy atom. The molecule has 11 heteroatoms. The third kappa shape index (κ3) is 6.79. The van der Waals surface area contributed by atoms with Crippen LogP contribution < -0.4 is 14.8 Å². The molecule has 1 saturated heterocycles. The maximum atomic E-state index is 13.2. The van der Waals surface area contributed by atoms with Gasteiger partial charge in [0.25, 0.3) is 5.91 Å². The van der Waals surface area contributed by atoms with Crippen LogP contribution in [0.5, 0.6) is 11.5 Å². The van der Waals surface area contributed by atoms with E-state index in [1.54, 1.807) is 26.4 Å². The number of nitrogens with zero attached hydrogens (tertiary/aromatic N) is 1. The third-order valence-corrected chi connectivity index (χ3v) is 9.20. The van der Waals surface area contributed by atoms with E-state index in [1.165, 1.54) is 29.3 Å². The standard InChI is InChI=1S/C38H36N2O9/c1-45-33-16-24-12-13-40(19-27(24)17-34(33)46-2)20-29-18-32(23-8-6-22(21-41)7-9-23)48-38(47-29)26-4-3-5-28(14-26)39-35(42)25-10-11-30-31(15-25)37(44)49-36(30)43/h3-11,14-17,29,32,38,41H,12-13,18-21H2,1-2H3,(H,39,42)/t29-,32+,38?/m0/s1. The minimum atomic E-state index is -0.771. The largest absolute Gasteiger partial charge is 0.493 e. The molecule has 0 bridgehead atoms. The molecule has 4 aromatic rings. The summed E-state index contributed by atoms with van der Waals surface area (Å²) in [7, 11) is 3.29. The zero-order valence-corrected chi connectivity index (χ0v) is 27.1. The van der Waals surface area contributed by atoms with Gasteiger partial charge in [-0.25, -0.2) is 9.59 Å². The molecule has 4 aromatic carbocycles. The Balaban J connectivity index is 1.10. The molecule has 3 atom stereocenters. The first kappa shape index (κ1) is 32.5. The van der Waals surface area contributed by atoms with E-state index in [2.05, 4.69) is 21.0 Å². The van der Waals surface area contributed by atoms with Crippen molar-refractivity contribution >= 4 is 23.5 Å². The molecule has 1 amide bonds. The lowest BCUT2D eigenvalue weighted by molar-refractivity contribution is -0.253. The minimum Gasteiger partial charge on any atom is -0.493 e. The van der Waals surface area contributed by atoms with Crippen LogP contribution in [0.4, 0.5) is 5.69 Å². The molecule has 3 aliphatic rings.